The van der Waals surface area contributed by atoms with E-state index in [1.165, 1.54) is 34.5 Å². The van der Waals surface area contributed by atoms with E-state index >= 15 is 0 Å². The Bertz CT molecular complexity index is 1470. The van der Waals surface area contributed by atoms with Gasteiger partial charge in [-0.2, -0.15) is 0 Å². The second kappa shape index (κ2) is 10.3. The molecule has 0 atom stereocenters. The maximum absolute atomic E-state index is 12.9. The van der Waals surface area contributed by atoms with Crippen LogP contribution in [0.25, 0.3) is 22.3 Å². The maximum Gasteiger partial charge on any atom is 0.255 e. The third-order valence-corrected chi connectivity index (χ3v) is 5.58. The highest BCUT2D eigenvalue weighted by molar-refractivity contribution is 6.05. The minimum absolute atomic E-state index is 0.259. The van der Waals surface area contributed by atoms with E-state index in [1.54, 1.807) is 55.6 Å². The number of hydrogen-bond acceptors (Lipinski definition) is 8. The summed E-state index contributed by atoms with van der Waals surface area (Å²) < 4.78 is 32.5. The fraction of sp³-hybridized carbons (Fsp3) is 0.185. The van der Waals surface area contributed by atoms with Gasteiger partial charge in [-0.3, -0.25) is 9.59 Å². The van der Waals surface area contributed by atoms with E-state index in [-0.39, 0.29) is 5.43 Å². The molecule has 1 amide bonds. The minimum atomic E-state index is -0.417. The van der Waals surface area contributed by atoms with Crippen molar-refractivity contribution in [1.82, 2.24) is 0 Å². The SMILES string of the molecule is COc1ccc(-c2cc(=O)c3cc(NC(=O)c4cc(OC)c(OC)c(OC)c4)ccc3o2)cc1OC. The Morgan fingerprint density at radius 2 is 1.39 bits per heavy atom. The van der Waals surface area contributed by atoms with E-state index < -0.39 is 5.91 Å². The number of hydrogen-bond donors (Lipinski definition) is 1. The summed E-state index contributed by atoms with van der Waals surface area (Å²) in [5.41, 5.74) is 1.49. The number of carbonyl (C=O) groups is 1. The van der Waals surface area contributed by atoms with Crippen molar-refractivity contribution >= 4 is 22.6 Å². The summed E-state index contributed by atoms with van der Waals surface area (Å²) in [5, 5.41) is 3.11. The van der Waals surface area contributed by atoms with Crippen molar-refractivity contribution in [2.45, 2.75) is 0 Å². The molecular formula is C27H25NO8. The first-order chi connectivity index (χ1) is 17.4. The summed E-state index contributed by atoms with van der Waals surface area (Å²) in [6.07, 6.45) is 0. The molecule has 0 bridgehead atoms. The molecule has 1 heterocycles. The highest BCUT2D eigenvalue weighted by atomic mass is 16.5. The molecule has 0 aliphatic carbocycles. The third kappa shape index (κ3) is 4.63. The van der Waals surface area contributed by atoms with Crippen LogP contribution in [0.2, 0.25) is 0 Å². The molecular weight excluding hydrogens is 466 g/mol. The molecule has 1 N–H and O–H groups in total. The molecule has 0 radical (unpaired) electrons. The quantitative estimate of drug-likeness (QED) is 0.376. The summed E-state index contributed by atoms with van der Waals surface area (Å²) in [7, 11) is 7.50. The molecule has 0 aliphatic heterocycles. The number of nitrogens with one attached hydrogen (secondary N) is 1. The van der Waals surface area contributed by atoms with Crippen molar-refractivity contribution < 1.29 is 32.9 Å². The molecule has 9 nitrogen and oxygen atoms in total. The van der Waals surface area contributed by atoms with Crippen LogP contribution in [0.15, 0.2) is 63.8 Å². The maximum atomic E-state index is 12.9. The Kier molecular flexibility index (Phi) is 7.00. The first-order valence-corrected chi connectivity index (χ1v) is 10.8. The number of amides is 1. The van der Waals surface area contributed by atoms with Crippen LogP contribution in [-0.2, 0) is 0 Å². The van der Waals surface area contributed by atoms with Gasteiger partial charge in [0.25, 0.3) is 5.91 Å². The molecule has 0 saturated carbocycles. The van der Waals surface area contributed by atoms with Crippen LogP contribution < -0.4 is 34.4 Å². The van der Waals surface area contributed by atoms with E-state index in [4.69, 9.17) is 28.1 Å². The van der Waals surface area contributed by atoms with Gasteiger partial charge >= 0.3 is 0 Å². The summed E-state index contributed by atoms with van der Waals surface area (Å²) in [6, 6.07) is 14.6. The number of anilines is 1. The van der Waals surface area contributed by atoms with Crippen LogP contribution >= 0.6 is 0 Å². The van der Waals surface area contributed by atoms with Gasteiger partial charge < -0.3 is 33.4 Å². The first kappa shape index (κ1) is 24.5. The smallest absolute Gasteiger partial charge is 0.255 e. The Morgan fingerprint density at radius 1 is 0.722 bits per heavy atom. The van der Waals surface area contributed by atoms with Crippen LogP contribution in [0.3, 0.4) is 0 Å². The Balaban J connectivity index is 1.65. The van der Waals surface area contributed by atoms with Gasteiger partial charge in [0, 0.05) is 22.9 Å². The summed E-state index contributed by atoms with van der Waals surface area (Å²) in [6.45, 7) is 0. The van der Waals surface area contributed by atoms with Crippen LogP contribution in [0, 0.1) is 0 Å². The van der Waals surface area contributed by atoms with E-state index in [0.29, 0.717) is 62.3 Å². The topological polar surface area (TPSA) is 105 Å². The molecule has 9 heteroatoms. The molecule has 0 unspecified atom stereocenters. The van der Waals surface area contributed by atoms with E-state index in [2.05, 4.69) is 5.32 Å². The summed E-state index contributed by atoms with van der Waals surface area (Å²) in [4.78, 5) is 25.9. The number of benzene rings is 3. The zero-order valence-electron chi connectivity index (χ0n) is 20.5. The lowest BCUT2D eigenvalue weighted by Gasteiger charge is -2.14. The monoisotopic (exact) mass is 491 g/mol. The zero-order valence-corrected chi connectivity index (χ0v) is 20.5. The molecule has 4 aromatic rings. The van der Waals surface area contributed by atoms with Crippen molar-refractivity contribution in [3.63, 3.8) is 0 Å². The Labute approximate surface area is 207 Å². The van der Waals surface area contributed by atoms with Gasteiger partial charge in [0.2, 0.25) is 5.75 Å². The molecule has 0 saturated heterocycles. The summed E-state index contributed by atoms with van der Waals surface area (Å²) >= 11 is 0. The summed E-state index contributed by atoms with van der Waals surface area (Å²) in [5.74, 6) is 2.12. The van der Waals surface area contributed by atoms with Gasteiger partial charge in [-0.25, -0.2) is 0 Å². The van der Waals surface area contributed by atoms with E-state index in [0.717, 1.165) is 0 Å². The van der Waals surface area contributed by atoms with Crippen molar-refractivity contribution in [2.24, 2.45) is 0 Å². The lowest BCUT2D eigenvalue weighted by Crippen LogP contribution is -2.13. The average Bonchev–Trinajstić information content (AvgIpc) is 2.91. The highest BCUT2D eigenvalue weighted by Gasteiger charge is 2.18. The van der Waals surface area contributed by atoms with E-state index in [9.17, 15) is 9.59 Å². The average molecular weight is 491 g/mol. The van der Waals surface area contributed by atoms with E-state index in [1.807, 2.05) is 0 Å². The molecule has 0 fully saturated rings. The third-order valence-electron chi connectivity index (χ3n) is 5.58. The molecule has 0 aliphatic rings. The van der Waals surface area contributed by atoms with Gasteiger partial charge in [-0.1, -0.05) is 0 Å². The minimum Gasteiger partial charge on any atom is -0.493 e. The van der Waals surface area contributed by atoms with Crippen LogP contribution in [-0.4, -0.2) is 41.5 Å². The van der Waals surface area contributed by atoms with Gasteiger partial charge in [0.15, 0.2) is 28.4 Å². The predicted octanol–water partition coefficient (Wildman–Crippen LogP) is 4.76. The lowest BCUT2D eigenvalue weighted by molar-refractivity contribution is 0.102. The molecule has 36 heavy (non-hydrogen) atoms. The Hall–Kier alpha value is -4.66. The number of rotatable bonds is 8. The zero-order chi connectivity index (χ0) is 25.8. The van der Waals surface area contributed by atoms with Crippen molar-refractivity contribution in [3.05, 3.63) is 70.4 Å². The normalized spacial score (nSPS) is 10.6. The molecule has 0 spiro atoms. The Morgan fingerprint density at radius 3 is 2.00 bits per heavy atom. The van der Waals surface area contributed by atoms with Gasteiger partial charge in [-0.15, -0.1) is 0 Å². The highest BCUT2D eigenvalue weighted by Crippen LogP contribution is 2.38. The number of methoxy groups -OCH3 is 5. The van der Waals surface area contributed by atoms with Gasteiger partial charge in [-0.05, 0) is 48.5 Å². The first-order valence-electron chi connectivity index (χ1n) is 10.8. The standard InChI is InChI=1S/C27H25NO8/c1-31-21-8-6-15(10-23(21)32-2)22-14-19(29)18-13-17(7-9-20(18)36-22)28-27(30)16-11-24(33-3)26(35-5)25(12-16)34-4/h6-14H,1-5H3,(H,28,30). The molecule has 4 rings (SSSR count). The van der Waals surface area contributed by atoms with Crippen molar-refractivity contribution in [2.75, 3.05) is 40.9 Å². The molecule has 3 aromatic carbocycles. The molecule has 186 valence electrons. The number of fused-ring (bicyclic) bond motifs is 1. The van der Waals surface area contributed by atoms with Crippen LogP contribution in [0.5, 0.6) is 28.7 Å². The molecule has 1 aromatic heterocycles. The van der Waals surface area contributed by atoms with Crippen molar-refractivity contribution in [3.8, 4) is 40.1 Å². The number of ether oxygens (including phenoxy) is 5. The van der Waals surface area contributed by atoms with Crippen LogP contribution in [0.4, 0.5) is 5.69 Å². The van der Waals surface area contributed by atoms with Gasteiger partial charge in [0.1, 0.15) is 11.3 Å². The van der Waals surface area contributed by atoms with Gasteiger partial charge in [0.05, 0.1) is 40.9 Å². The predicted molar refractivity (Wildman–Crippen MR) is 135 cm³/mol. The van der Waals surface area contributed by atoms with Crippen LogP contribution in [0.1, 0.15) is 10.4 Å². The second-order valence-corrected chi connectivity index (χ2v) is 7.62. The van der Waals surface area contributed by atoms with Crippen molar-refractivity contribution in [1.29, 1.82) is 0 Å². The lowest BCUT2D eigenvalue weighted by atomic mass is 10.1. The second-order valence-electron chi connectivity index (χ2n) is 7.62. The largest absolute Gasteiger partial charge is 0.493 e. The fourth-order valence-corrected chi connectivity index (χ4v) is 3.78. The fourth-order valence-electron chi connectivity index (χ4n) is 3.78. The number of carbonyl (C=O) groups excluding carboxylic acids is 1.